The van der Waals surface area contributed by atoms with E-state index >= 15 is 0 Å². The van der Waals surface area contributed by atoms with Gasteiger partial charge >= 0.3 is 0 Å². The largest absolute Gasteiger partial charge is 0.497 e. The highest BCUT2D eigenvalue weighted by atomic mass is 16.5. The molecule has 0 N–H and O–H groups in total. The predicted octanol–water partition coefficient (Wildman–Crippen LogP) is 5.62. The standard InChI is InChI=1S/C26H32N2O/c1-18-16-22(28(5)6)12-14-24(18)26(20-8-10-21(11-9-20)27(3)4)25-15-13-23(29-7)17-19(25)2/h8-17,26H,1-7H3. The summed E-state index contributed by atoms with van der Waals surface area (Å²) >= 11 is 0. The van der Waals surface area contributed by atoms with Crippen LogP contribution >= 0.6 is 0 Å². The topological polar surface area (TPSA) is 15.7 Å². The minimum Gasteiger partial charge on any atom is -0.497 e. The quantitative estimate of drug-likeness (QED) is 0.509. The van der Waals surface area contributed by atoms with Crippen molar-refractivity contribution >= 4 is 11.4 Å². The Balaban J connectivity index is 2.17. The molecule has 0 aromatic heterocycles. The van der Waals surface area contributed by atoms with Crippen molar-refractivity contribution in [3.63, 3.8) is 0 Å². The van der Waals surface area contributed by atoms with Crippen LogP contribution in [0.2, 0.25) is 0 Å². The average Bonchev–Trinajstić information content (AvgIpc) is 2.70. The van der Waals surface area contributed by atoms with Crippen molar-refractivity contribution in [2.45, 2.75) is 19.8 Å². The highest BCUT2D eigenvalue weighted by molar-refractivity contribution is 5.57. The Morgan fingerprint density at radius 1 is 0.655 bits per heavy atom. The lowest BCUT2D eigenvalue weighted by atomic mass is 9.81. The maximum atomic E-state index is 5.44. The lowest BCUT2D eigenvalue weighted by Gasteiger charge is -2.25. The van der Waals surface area contributed by atoms with Crippen LogP contribution in [-0.4, -0.2) is 35.3 Å². The van der Waals surface area contributed by atoms with Crippen LogP contribution in [0.15, 0.2) is 60.7 Å². The van der Waals surface area contributed by atoms with Gasteiger partial charge in [-0.3, -0.25) is 0 Å². The van der Waals surface area contributed by atoms with Crippen molar-refractivity contribution in [1.82, 2.24) is 0 Å². The van der Waals surface area contributed by atoms with Gasteiger partial charge in [-0.1, -0.05) is 24.3 Å². The summed E-state index contributed by atoms with van der Waals surface area (Å²) in [6.07, 6.45) is 0. The Labute approximate surface area is 175 Å². The van der Waals surface area contributed by atoms with E-state index in [2.05, 4.69) is 113 Å². The van der Waals surface area contributed by atoms with Crippen molar-refractivity contribution in [2.75, 3.05) is 45.1 Å². The third kappa shape index (κ3) is 4.40. The third-order valence-electron chi connectivity index (χ3n) is 5.61. The molecule has 0 radical (unpaired) electrons. The van der Waals surface area contributed by atoms with E-state index in [1.165, 1.54) is 39.2 Å². The van der Waals surface area contributed by atoms with E-state index in [4.69, 9.17) is 4.74 Å². The maximum absolute atomic E-state index is 5.44. The molecule has 3 nitrogen and oxygen atoms in total. The summed E-state index contributed by atoms with van der Waals surface area (Å²) in [5.74, 6) is 1.07. The molecule has 0 aliphatic rings. The number of ether oxygens (including phenoxy) is 1. The van der Waals surface area contributed by atoms with Gasteiger partial charge in [0.25, 0.3) is 0 Å². The molecular formula is C26H32N2O. The second-order valence-electron chi connectivity index (χ2n) is 8.08. The second-order valence-corrected chi connectivity index (χ2v) is 8.08. The average molecular weight is 389 g/mol. The van der Waals surface area contributed by atoms with Gasteiger partial charge in [-0.05, 0) is 78.1 Å². The first-order chi connectivity index (χ1) is 13.8. The van der Waals surface area contributed by atoms with Crippen LogP contribution < -0.4 is 14.5 Å². The second kappa shape index (κ2) is 8.60. The van der Waals surface area contributed by atoms with Crippen LogP contribution in [0, 0.1) is 13.8 Å². The molecule has 3 heteroatoms. The van der Waals surface area contributed by atoms with E-state index in [0.717, 1.165) is 5.75 Å². The molecule has 1 atom stereocenters. The van der Waals surface area contributed by atoms with Crippen LogP contribution in [0.3, 0.4) is 0 Å². The first-order valence-electron chi connectivity index (χ1n) is 10.0. The lowest BCUT2D eigenvalue weighted by molar-refractivity contribution is 0.414. The summed E-state index contributed by atoms with van der Waals surface area (Å²) in [5.41, 5.74) is 8.91. The van der Waals surface area contributed by atoms with Crippen LogP contribution in [0.4, 0.5) is 11.4 Å². The monoisotopic (exact) mass is 388 g/mol. The Morgan fingerprint density at radius 3 is 1.66 bits per heavy atom. The minimum atomic E-state index is 0.174. The number of nitrogens with zero attached hydrogens (tertiary/aromatic N) is 2. The smallest absolute Gasteiger partial charge is 0.119 e. The molecule has 3 aromatic carbocycles. The van der Waals surface area contributed by atoms with E-state index in [0.29, 0.717) is 0 Å². The zero-order valence-electron chi connectivity index (χ0n) is 18.7. The van der Waals surface area contributed by atoms with Crippen LogP contribution in [-0.2, 0) is 0 Å². The van der Waals surface area contributed by atoms with Gasteiger partial charge in [0.05, 0.1) is 7.11 Å². The van der Waals surface area contributed by atoms with E-state index in [1.54, 1.807) is 7.11 Å². The molecule has 3 rings (SSSR count). The molecule has 3 aromatic rings. The number of benzene rings is 3. The highest BCUT2D eigenvalue weighted by Crippen LogP contribution is 2.38. The van der Waals surface area contributed by atoms with E-state index < -0.39 is 0 Å². The lowest BCUT2D eigenvalue weighted by Crippen LogP contribution is -2.12. The van der Waals surface area contributed by atoms with Gasteiger partial charge in [0.15, 0.2) is 0 Å². The molecule has 0 spiro atoms. The Kier molecular flexibility index (Phi) is 6.17. The fourth-order valence-corrected chi connectivity index (χ4v) is 3.85. The van der Waals surface area contributed by atoms with Crippen LogP contribution in [0.25, 0.3) is 0 Å². The summed E-state index contributed by atoms with van der Waals surface area (Å²) in [7, 11) is 10.0. The van der Waals surface area contributed by atoms with Crippen molar-refractivity contribution in [2.24, 2.45) is 0 Å². The number of methoxy groups -OCH3 is 1. The molecule has 29 heavy (non-hydrogen) atoms. The SMILES string of the molecule is COc1ccc(C(c2ccc(N(C)C)cc2)c2ccc(N(C)C)cc2C)c(C)c1. The Morgan fingerprint density at radius 2 is 1.17 bits per heavy atom. The van der Waals surface area contributed by atoms with Gasteiger partial charge in [-0.2, -0.15) is 0 Å². The van der Waals surface area contributed by atoms with Gasteiger partial charge < -0.3 is 14.5 Å². The molecule has 0 aliphatic carbocycles. The van der Waals surface area contributed by atoms with Gasteiger partial charge in [0, 0.05) is 45.5 Å². The first-order valence-corrected chi connectivity index (χ1v) is 10.0. The molecular weight excluding hydrogens is 356 g/mol. The molecule has 0 amide bonds. The van der Waals surface area contributed by atoms with Crippen LogP contribution in [0.1, 0.15) is 33.7 Å². The third-order valence-corrected chi connectivity index (χ3v) is 5.61. The zero-order chi connectivity index (χ0) is 21.1. The van der Waals surface area contributed by atoms with Crippen molar-refractivity contribution < 1.29 is 4.74 Å². The number of hydrogen-bond donors (Lipinski definition) is 0. The predicted molar refractivity (Wildman–Crippen MR) is 125 cm³/mol. The normalized spacial score (nSPS) is 11.8. The summed E-state index contributed by atoms with van der Waals surface area (Å²) in [5, 5.41) is 0. The molecule has 0 aliphatic heterocycles. The van der Waals surface area contributed by atoms with Crippen molar-refractivity contribution in [3.05, 3.63) is 88.5 Å². The van der Waals surface area contributed by atoms with Crippen molar-refractivity contribution in [3.8, 4) is 5.75 Å². The number of hydrogen-bond acceptors (Lipinski definition) is 3. The molecule has 152 valence electrons. The summed E-state index contributed by atoms with van der Waals surface area (Å²) < 4.78 is 5.44. The fourth-order valence-electron chi connectivity index (χ4n) is 3.85. The van der Waals surface area contributed by atoms with Crippen LogP contribution in [0.5, 0.6) is 5.75 Å². The molecule has 0 saturated heterocycles. The zero-order valence-corrected chi connectivity index (χ0v) is 18.7. The van der Waals surface area contributed by atoms with E-state index in [1.807, 2.05) is 0 Å². The highest BCUT2D eigenvalue weighted by Gasteiger charge is 2.21. The van der Waals surface area contributed by atoms with Crippen molar-refractivity contribution in [1.29, 1.82) is 0 Å². The Hall–Kier alpha value is -2.94. The first kappa shape index (κ1) is 20.8. The van der Waals surface area contributed by atoms with E-state index in [-0.39, 0.29) is 5.92 Å². The summed E-state index contributed by atoms with van der Waals surface area (Å²) in [4.78, 5) is 4.28. The maximum Gasteiger partial charge on any atom is 0.119 e. The molecule has 1 unspecified atom stereocenters. The number of rotatable bonds is 6. The van der Waals surface area contributed by atoms with Gasteiger partial charge in [-0.15, -0.1) is 0 Å². The number of aryl methyl sites for hydroxylation is 2. The molecule has 0 heterocycles. The van der Waals surface area contributed by atoms with E-state index in [9.17, 15) is 0 Å². The minimum absolute atomic E-state index is 0.174. The molecule has 0 fully saturated rings. The van der Waals surface area contributed by atoms with Gasteiger partial charge in [0.2, 0.25) is 0 Å². The molecule has 0 bridgehead atoms. The molecule has 0 saturated carbocycles. The van der Waals surface area contributed by atoms with Gasteiger partial charge in [-0.25, -0.2) is 0 Å². The fraction of sp³-hybridized carbons (Fsp3) is 0.308. The number of anilines is 2. The van der Waals surface area contributed by atoms with Gasteiger partial charge in [0.1, 0.15) is 5.75 Å². The summed E-state index contributed by atoms with van der Waals surface area (Å²) in [6.45, 7) is 4.38. The Bertz CT molecular complexity index is 974. The summed E-state index contributed by atoms with van der Waals surface area (Å²) in [6, 6.07) is 22.1.